The van der Waals surface area contributed by atoms with E-state index in [1.807, 2.05) is 6.20 Å². The quantitative estimate of drug-likeness (QED) is 0.870. The van der Waals surface area contributed by atoms with Crippen LogP contribution in [-0.4, -0.2) is 50.2 Å². The highest BCUT2D eigenvalue weighted by molar-refractivity contribution is 5.38. The van der Waals surface area contributed by atoms with Gasteiger partial charge < -0.3 is 15.5 Å². The van der Waals surface area contributed by atoms with E-state index >= 15 is 0 Å². The number of likely N-dealkylation sites (tertiary alicyclic amines) is 1. The number of anilines is 1. The number of aromatic nitrogens is 1. The van der Waals surface area contributed by atoms with Crippen molar-refractivity contribution in [3.63, 3.8) is 0 Å². The first-order chi connectivity index (χ1) is 9.19. The van der Waals surface area contributed by atoms with Crippen molar-refractivity contribution in [2.45, 2.75) is 19.3 Å². The maximum Gasteiger partial charge on any atom is 0.128 e. The molecule has 1 aromatic heterocycles. The summed E-state index contributed by atoms with van der Waals surface area (Å²) in [5.41, 5.74) is 6.77. The first-order valence-corrected chi connectivity index (χ1v) is 7.23. The molecule has 0 amide bonds. The summed E-state index contributed by atoms with van der Waals surface area (Å²) in [5.74, 6) is 1.87. The Morgan fingerprint density at radius 1 is 1.37 bits per heavy atom. The van der Waals surface area contributed by atoms with Crippen LogP contribution < -0.4 is 10.6 Å². The minimum absolute atomic E-state index is 0.687. The number of nitrogens with zero attached hydrogens (tertiary/aromatic N) is 3. The minimum Gasteiger partial charge on any atom is -0.359 e. The summed E-state index contributed by atoms with van der Waals surface area (Å²) in [6, 6.07) is 4.25. The van der Waals surface area contributed by atoms with Gasteiger partial charge in [0.25, 0.3) is 0 Å². The zero-order valence-electron chi connectivity index (χ0n) is 12.2. The predicted molar refractivity (Wildman–Crippen MR) is 80.5 cm³/mol. The summed E-state index contributed by atoms with van der Waals surface area (Å²) in [5, 5.41) is 0. The molecule has 0 radical (unpaired) electrons. The second kappa shape index (κ2) is 6.87. The van der Waals surface area contributed by atoms with Gasteiger partial charge in [0.05, 0.1) is 0 Å². The van der Waals surface area contributed by atoms with Crippen LogP contribution in [0.1, 0.15) is 18.4 Å². The van der Waals surface area contributed by atoms with Crippen molar-refractivity contribution >= 4 is 5.82 Å². The fraction of sp³-hybridized carbons (Fsp3) is 0.667. The average Bonchev–Trinajstić information content (AvgIpc) is 2.42. The summed E-state index contributed by atoms with van der Waals surface area (Å²) < 4.78 is 0. The third-order valence-electron chi connectivity index (χ3n) is 4.00. The number of hydrogen-bond donors (Lipinski definition) is 1. The van der Waals surface area contributed by atoms with Crippen molar-refractivity contribution in [2.75, 3.05) is 45.2 Å². The van der Waals surface area contributed by atoms with E-state index in [1.54, 1.807) is 0 Å². The van der Waals surface area contributed by atoms with Gasteiger partial charge in [-0.25, -0.2) is 4.98 Å². The highest BCUT2D eigenvalue weighted by atomic mass is 15.2. The molecule has 4 heteroatoms. The highest BCUT2D eigenvalue weighted by Crippen LogP contribution is 2.19. The third-order valence-corrected chi connectivity index (χ3v) is 4.00. The van der Waals surface area contributed by atoms with Crippen LogP contribution in [0.4, 0.5) is 5.82 Å². The molecule has 1 saturated heterocycles. The number of piperidine rings is 1. The summed E-state index contributed by atoms with van der Waals surface area (Å²) in [6.07, 6.45) is 5.46. The summed E-state index contributed by atoms with van der Waals surface area (Å²) in [6.45, 7) is 4.24. The van der Waals surface area contributed by atoms with Gasteiger partial charge in [-0.2, -0.15) is 0 Å². The molecule has 2 N–H and O–H groups in total. The Morgan fingerprint density at radius 3 is 2.68 bits per heavy atom. The molecular formula is C15H26N4. The summed E-state index contributed by atoms with van der Waals surface area (Å²) in [7, 11) is 4.35. The molecule has 1 aromatic rings. The van der Waals surface area contributed by atoms with Gasteiger partial charge in [0.2, 0.25) is 0 Å². The van der Waals surface area contributed by atoms with Gasteiger partial charge in [-0.3, -0.25) is 0 Å². The highest BCUT2D eigenvalue weighted by Gasteiger charge is 2.18. The van der Waals surface area contributed by atoms with Gasteiger partial charge in [0.1, 0.15) is 5.82 Å². The lowest BCUT2D eigenvalue weighted by molar-refractivity contribution is 0.222. The average molecular weight is 262 g/mol. The number of rotatable bonds is 5. The lowest BCUT2D eigenvalue weighted by Gasteiger charge is -2.32. The molecule has 0 atom stereocenters. The standard InChI is InChI=1S/C15H26N4/c1-18-9-6-14(7-10-18)12-19(2)15-4-3-13(5-8-16)11-17-15/h3-4,11,14H,5-10,12,16H2,1-2H3. The zero-order chi connectivity index (χ0) is 13.7. The molecule has 2 rings (SSSR count). The van der Waals surface area contributed by atoms with Crippen LogP contribution >= 0.6 is 0 Å². The lowest BCUT2D eigenvalue weighted by Crippen LogP contribution is -2.35. The predicted octanol–water partition coefficient (Wildman–Crippen LogP) is 1.36. The Bertz CT molecular complexity index is 368. The van der Waals surface area contributed by atoms with Crippen molar-refractivity contribution in [2.24, 2.45) is 11.7 Å². The normalized spacial score (nSPS) is 17.6. The molecule has 0 spiro atoms. The Balaban J connectivity index is 1.86. The van der Waals surface area contributed by atoms with Crippen LogP contribution in [0.3, 0.4) is 0 Å². The minimum atomic E-state index is 0.687. The van der Waals surface area contributed by atoms with E-state index < -0.39 is 0 Å². The fourth-order valence-electron chi connectivity index (χ4n) is 2.68. The molecule has 2 heterocycles. The Kier molecular flexibility index (Phi) is 5.16. The molecule has 1 aliphatic rings. The van der Waals surface area contributed by atoms with E-state index in [0.29, 0.717) is 6.54 Å². The second-order valence-electron chi connectivity index (χ2n) is 5.69. The first-order valence-electron chi connectivity index (χ1n) is 7.23. The van der Waals surface area contributed by atoms with Crippen molar-refractivity contribution in [3.05, 3.63) is 23.9 Å². The molecule has 0 bridgehead atoms. The maximum atomic E-state index is 5.55. The van der Waals surface area contributed by atoms with E-state index in [0.717, 1.165) is 24.7 Å². The third kappa shape index (κ3) is 4.18. The van der Waals surface area contributed by atoms with Crippen LogP contribution in [0.25, 0.3) is 0 Å². The van der Waals surface area contributed by atoms with Crippen LogP contribution in [0, 0.1) is 5.92 Å². The number of nitrogens with two attached hydrogens (primary N) is 1. The second-order valence-corrected chi connectivity index (χ2v) is 5.69. The molecule has 0 aromatic carbocycles. The SMILES string of the molecule is CN1CCC(CN(C)c2ccc(CCN)cn2)CC1. The molecule has 106 valence electrons. The molecule has 0 aliphatic carbocycles. The molecule has 0 saturated carbocycles. The maximum absolute atomic E-state index is 5.55. The Morgan fingerprint density at radius 2 is 2.11 bits per heavy atom. The van der Waals surface area contributed by atoms with E-state index in [2.05, 4.69) is 41.0 Å². The van der Waals surface area contributed by atoms with Gasteiger partial charge in [0.15, 0.2) is 0 Å². The summed E-state index contributed by atoms with van der Waals surface area (Å²) in [4.78, 5) is 9.23. The molecule has 1 fully saturated rings. The van der Waals surface area contributed by atoms with Crippen molar-refractivity contribution in [1.29, 1.82) is 0 Å². The monoisotopic (exact) mass is 262 g/mol. The smallest absolute Gasteiger partial charge is 0.128 e. The lowest BCUT2D eigenvalue weighted by atomic mass is 9.97. The van der Waals surface area contributed by atoms with Crippen molar-refractivity contribution in [1.82, 2.24) is 9.88 Å². The Labute approximate surface area is 116 Å². The number of pyridine rings is 1. The van der Waals surface area contributed by atoms with E-state index in [4.69, 9.17) is 5.73 Å². The molecule has 19 heavy (non-hydrogen) atoms. The van der Waals surface area contributed by atoms with Crippen LogP contribution in [0.2, 0.25) is 0 Å². The van der Waals surface area contributed by atoms with Gasteiger partial charge in [-0.15, -0.1) is 0 Å². The zero-order valence-corrected chi connectivity index (χ0v) is 12.2. The van der Waals surface area contributed by atoms with Crippen molar-refractivity contribution in [3.8, 4) is 0 Å². The van der Waals surface area contributed by atoms with E-state index in [-0.39, 0.29) is 0 Å². The summed E-state index contributed by atoms with van der Waals surface area (Å²) >= 11 is 0. The van der Waals surface area contributed by atoms with Crippen LogP contribution in [0.5, 0.6) is 0 Å². The topological polar surface area (TPSA) is 45.4 Å². The molecule has 4 nitrogen and oxygen atoms in total. The number of hydrogen-bond acceptors (Lipinski definition) is 4. The van der Waals surface area contributed by atoms with Crippen LogP contribution in [-0.2, 0) is 6.42 Å². The van der Waals surface area contributed by atoms with Gasteiger partial charge in [-0.05, 0) is 63.5 Å². The largest absolute Gasteiger partial charge is 0.359 e. The first kappa shape index (κ1) is 14.3. The molecule has 0 unspecified atom stereocenters. The molecule has 1 aliphatic heterocycles. The van der Waals surface area contributed by atoms with Gasteiger partial charge >= 0.3 is 0 Å². The van der Waals surface area contributed by atoms with E-state index in [1.165, 1.54) is 31.5 Å². The van der Waals surface area contributed by atoms with Crippen molar-refractivity contribution < 1.29 is 0 Å². The fourth-order valence-corrected chi connectivity index (χ4v) is 2.68. The molecular weight excluding hydrogens is 236 g/mol. The Hall–Kier alpha value is -1.13. The van der Waals surface area contributed by atoms with Gasteiger partial charge in [0, 0.05) is 19.8 Å². The van der Waals surface area contributed by atoms with Gasteiger partial charge in [-0.1, -0.05) is 6.07 Å². The van der Waals surface area contributed by atoms with E-state index in [9.17, 15) is 0 Å². The van der Waals surface area contributed by atoms with Crippen LogP contribution in [0.15, 0.2) is 18.3 Å².